The normalized spacial score (nSPS) is 43.1. The molecule has 0 spiro atoms. The van der Waals surface area contributed by atoms with E-state index in [0.717, 1.165) is 62.8 Å². The van der Waals surface area contributed by atoms with Crippen LogP contribution in [0.25, 0.3) is 11.4 Å². The molecule has 0 unspecified atom stereocenters. The highest BCUT2D eigenvalue weighted by molar-refractivity contribution is 5.73. The predicted molar refractivity (Wildman–Crippen MR) is 206 cm³/mol. The number of aromatic nitrogens is 4. The van der Waals surface area contributed by atoms with Crippen molar-refractivity contribution in [1.82, 2.24) is 19.7 Å². The quantitative estimate of drug-likeness (QED) is 0.247. The van der Waals surface area contributed by atoms with Crippen LogP contribution in [0.1, 0.15) is 120 Å². The molecule has 3 heterocycles. The van der Waals surface area contributed by atoms with Gasteiger partial charge >= 0.3 is 5.97 Å². The minimum atomic E-state index is -0.629. The first-order chi connectivity index (χ1) is 24.9. The second-order valence-corrected chi connectivity index (χ2v) is 20.6. The van der Waals surface area contributed by atoms with E-state index >= 15 is 0 Å². The van der Waals surface area contributed by atoms with E-state index in [2.05, 4.69) is 78.1 Å². The van der Waals surface area contributed by atoms with Crippen molar-refractivity contribution in [2.24, 2.45) is 67.8 Å². The van der Waals surface area contributed by atoms with E-state index in [4.69, 9.17) is 25.3 Å². The molecule has 0 aromatic carbocycles. The maximum absolute atomic E-state index is 13.6. The van der Waals surface area contributed by atoms with E-state index in [1.165, 1.54) is 5.57 Å². The smallest absolute Gasteiger partial charge is 0.307 e. The van der Waals surface area contributed by atoms with Crippen molar-refractivity contribution in [3.05, 3.63) is 42.5 Å². The van der Waals surface area contributed by atoms with Gasteiger partial charge in [0.15, 0.2) is 5.82 Å². The van der Waals surface area contributed by atoms with E-state index in [-0.39, 0.29) is 39.7 Å². The van der Waals surface area contributed by atoms with Crippen LogP contribution < -0.4 is 5.73 Å². The van der Waals surface area contributed by atoms with Crippen molar-refractivity contribution in [2.75, 3.05) is 19.8 Å². The first kappa shape index (κ1) is 37.3. The summed E-state index contributed by atoms with van der Waals surface area (Å²) in [5.74, 6) is 1.06. The molecule has 0 amide bonds. The lowest BCUT2D eigenvalue weighted by molar-refractivity contribution is -0.254. The van der Waals surface area contributed by atoms with Crippen LogP contribution in [-0.4, -0.2) is 62.3 Å². The Bertz CT molecular complexity index is 1770. The van der Waals surface area contributed by atoms with Crippen molar-refractivity contribution in [3.8, 4) is 11.4 Å². The van der Waals surface area contributed by atoms with Gasteiger partial charge in [-0.05, 0) is 121 Å². The minimum absolute atomic E-state index is 0.0590. The van der Waals surface area contributed by atoms with Crippen molar-refractivity contribution in [1.29, 1.82) is 0 Å². The van der Waals surface area contributed by atoms with Gasteiger partial charge in [0.25, 0.3) is 0 Å². The fraction of sp³-hybridized carbons (Fsp3) is 0.773. The number of fused-ring (bicyclic) bond motifs is 3. The third-order valence-corrected chi connectivity index (χ3v) is 17.8. The molecule has 5 aliphatic carbocycles. The number of aliphatic carboxylic acids is 1. The second kappa shape index (κ2) is 12.2. The first-order valence-corrected chi connectivity index (χ1v) is 20.6. The van der Waals surface area contributed by atoms with Crippen molar-refractivity contribution in [3.63, 3.8) is 0 Å². The molecular formula is C44H65N5O4. The molecule has 290 valence electrons. The number of hydrogen-bond acceptors (Lipinski definition) is 7. The molecule has 1 aliphatic heterocycles. The molecule has 9 nitrogen and oxygen atoms in total. The summed E-state index contributed by atoms with van der Waals surface area (Å²) >= 11 is 0. The number of hydrogen-bond donors (Lipinski definition) is 2. The number of ether oxygens (including phenoxy) is 2. The Balaban J connectivity index is 1.29. The third-order valence-electron chi connectivity index (χ3n) is 17.8. The van der Waals surface area contributed by atoms with Crippen LogP contribution in [0.3, 0.4) is 0 Å². The zero-order valence-electron chi connectivity index (χ0n) is 33.8. The molecule has 12 atom stereocenters. The highest BCUT2D eigenvalue weighted by atomic mass is 16.5. The number of nitrogens with zero attached hydrogens (tertiary/aromatic N) is 4. The van der Waals surface area contributed by atoms with Crippen LogP contribution in [0.2, 0.25) is 0 Å². The van der Waals surface area contributed by atoms with E-state index in [9.17, 15) is 9.90 Å². The minimum Gasteiger partial charge on any atom is -0.481 e. The fourth-order valence-electron chi connectivity index (χ4n) is 13.5. The predicted octanol–water partition coefficient (Wildman–Crippen LogP) is 8.37. The molecule has 2 bridgehead atoms. The Kier molecular flexibility index (Phi) is 8.58. The van der Waals surface area contributed by atoms with E-state index in [1.54, 1.807) is 6.33 Å². The van der Waals surface area contributed by atoms with E-state index in [1.807, 2.05) is 24.5 Å². The van der Waals surface area contributed by atoms with Crippen LogP contribution in [0, 0.1) is 62.1 Å². The summed E-state index contributed by atoms with van der Waals surface area (Å²) in [4.78, 5) is 22.8. The molecule has 2 aromatic heterocycles. The van der Waals surface area contributed by atoms with Crippen molar-refractivity contribution >= 4 is 5.97 Å². The van der Waals surface area contributed by atoms with Crippen LogP contribution >= 0.6 is 0 Å². The lowest BCUT2D eigenvalue weighted by atomic mass is 9.34. The number of rotatable bonds is 9. The number of carboxylic acid groups (broad SMARTS) is 1. The van der Waals surface area contributed by atoms with Gasteiger partial charge in [0, 0.05) is 28.9 Å². The standard InChI is InChI=1S/C44H65N5O4/c1-27(2)28(3)40(6)18-19-41(7)30-10-11-33-38(4)22-32(49-36(47-26-48-49)29-13-20-46-21-14-29)35(53-24-43(9,45)39(5)16-17-39)44(33,25-52-23-38)31(30)12-15-42(41,8)34(40)37(50)51/h12-14,20-21,26-28,30,32-35H,10-11,15-19,22-25,45H2,1-9H3,(H,50,51)/t28-,30+,32-,33-,34-,35+,38-,40-,41-,42+,43+,44+/m1/s1. The Morgan fingerprint density at radius 2 is 1.77 bits per heavy atom. The van der Waals surface area contributed by atoms with Crippen LogP contribution in [0.4, 0.5) is 0 Å². The summed E-state index contributed by atoms with van der Waals surface area (Å²) in [6.45, 7) is 22.5. The Labute approximate surface area is 317 Å². The molecule has 6 aliphatic rings. The molecule has 0 radical (unpaired) electrons. The van der Waals surface area contributed by atoms with Gasteiger partial charge in [0.05, 0.1) is 37.9 Å². The first-order valence-electron chi connectivity index (χ1n) is 20.6. The number of carbonyl (C=O) groups is 1. The third kappa shape index (κ3) is 5.10. The molecule has 3 N–H and O–H groups in total. The molecule has 53 heavy (non-hydrogen) atoms. The highest BCUT2D eigenvalue weighted by Gasteiger charge is 2.73. The van der Waals surface area contributed by atoms with Gasteiger partial charge < -0.3 is 20.3 Å². The average Bonchev–Trinajstić information content (AvgIpc) is 3.69. The maximum atomic E-state index is 13.6. The van der Waals surface area contributed by atoms with Gasteiger partial charge in [-0.15, -0.1) is 0 Å². The largest absolute Gasteiger partial charge is 0.481 e. The molecule has 5 fully saturated rings. The molecule has 9 heteroatoms. The van der Waals surface area contributed by atoms with Crippen LogP contribution in [0.15, 0.2) is 42.5 Å². The van der Waals surface area contributed by atoms with Crippen molar-refractivity contribution in [2.45, 2.75) is 131 Å². The fourth-order valence-corrected chi connectivity index (χ4v) is 13.5. The Morgan fingerprint density at radius 1 is 1.06 bits per heavy atom. The highest BCUT2D eigenvalue weighted by Crippen LogP contribution is 2.75. The van der Waals surface area contributed by atoms with Gasteiger partial charge in [-0.2, -0.15) is 5.10 Å². The summed E-state index contributed by atoms with van der Waals surface area (Å²) in [5, 5.41) is 16.2. The average molecular weight is 728 g/mol. The van der Waals surface area contributed by atoms with Crippen molar-refractivity contribution < 1.29 is 19.4 Å². The van der Waals surface area contributed by atoms with Gasteiger partial charge in [-0.25, -0.2) is 9.67 Å². The Morgan fingerprint density at radius 3 is 2.43 bits per heavy atom. The van der Waals surface area contributed by atoms with Gasteiger partial charge in [0.2, 0.25) is 0 Å². The number of allylic oxidation sites excluding steroid dienone is 1. The zero-order chi connectivity index (χ0) is 38.0. The maximum Gasteiger partial charge on any atom is 0.307 e. The number of carboxylic acids is 1. The van der Waals surface area contributed by atoms with Gasteiger partial charge in [-0.3, -0.25) is 9.78 Å². The summed E-state index contributed by atoms with van der Waals surface area (Å²) in [5.41, 5.74) is 7.82. The lowest BCUT2D eigenvalue weighted by Crippen LogP contribution is -2.70. The molecule has 2 aromatic rings. The molecule has 8 rings (SSSR count). The van der Waals surface area contributed by atoms with Crippen LogP contribution in [0.5, 0.6) is 0 Å². The topological polar surface area (TPSA) is 125 Å². The number of pyridine rings is 1. The monoisotopic (exact) mass is 728 g/mol. The van der Waals surface area contributed by atoms with E-state index < -0.39 is 28.3 Å². The second-order valence-electron chi connectivity index (χ2n) is 20.6. The SMILES string of the molecule is CC(C)[C@@H](C)[C@@]1(C)CC[C@]2(C)[C@H]3CC[C@@H]4[C@@]5(C)COC[C@@]4(C3=CC[C@@]2(C)[C@@H]1C(=O)O)[C@@H](OC[C@](C)(N)C1(C)CC1)[C@H](n1ncnc1-c1ccncc1)C5. The van der Waals surface area contributed by atoms with Crippen LogP contribution in [-0.2, 0) is 14.3 Å². The van der Waals surface area contributed by atoms with Gasteiger partial charge in [0.1, 0.15) is 6.33 Å². The lowest BCUT2D eigenvalue weighted by Gasteiger charge is -2.71. The number of nitrogens with two attached hydrogens (primary N) is 1. The summed E-state index contributed by atoms with van der Waals surface area (Å²) in [6.07, 6.45) is 15.5. The Hall–Kier alpha value is -2.62. The molecule has 1 saturated heterocycles. The summed E-state index contributed by atoms with van der Waals surface area (Å²) in [7, 11) is 0. The summed E-state index contributed by atoms with van der Waals surface area (Å²) in [6, 6.07) is 3.92. The summed E-state index contributed by atoms with van der Waals surface area (Å²) < 4.78 is 16.4. The molecular weight excluding hydrogens is 663 g/mol. The van der Waals surface area contributed by atoms with E-state index in [0.29, 0.717) is 37.6 Å². The van der Waals surface area contributed by atoms with Gasteiger partial charge in [-0.1, -0.05) is 67.0 Å². The zero-order valence-corrected chi connectivity index (χ0v) is 33.8. The molecule has 4 saturated carbocycles.